The summed E-state index contributed by atoms with van der Waals surface area (Å²) in [5.74, 6) is -1.09. The lowest BCUT2D eigenvalue weighted by Crippen LogP contribution is -2.28. The summed E-state index contributed by atoms with van der Waals surface area (Å²) < 4.78 is 36.2. The number of amides is 1. The van der Waals surface area contributed by atoms with E-state index in [1.54, 1.807) is 0 Å². The smallest absolute Gasteiger partial charge is 0.238 e. The monoisotopic (exact) mass is 288 g/mol. The van der Waals surface area contributed by atoms with Crippen LogP contribution >= 0.6 is 0 Å². The highest BCUT2D eigenvalue weighted by atomic mass is 32.2. The number of halogens is 1. The Hall–Kier alpha value is -1.47. The van der Waals surface area contributed by atoms with Crippen LogP contribution in [-0.2, 0) is 14.6 Å². The van der Waals surface area contributed by atoms with Crippen molar-refractivity contribution in [2.75, 3.05) is 24.7 Å². The average Bonchev–Trinajstić information content (AvgIpc) is 2.31. The van der Waals surface area contributed by atoms with E-state index in [2.05, 4.69) is 10.6 Å². The fraction of sp³-hybridized carbons (Fsp3) is 0.417. The normalized spacial score (nSPS) is 11.3. The van der Waals surface area contributed by atoms with Gasteiger partial charge in [0.1, 0.15) is 5.82 Å². The Morgan fingerprint density at radius 3 is 2.63 bits per heavy atom. The summed E-state index contributed by atoms with van der Waals surface area (Å²) in [6.45, 7) is 2.69. The maximum atomic E-state index is 13.5. The molecule has 0 bridgehead atoms. The van der Waals surface area contributed by atoms with Crippen LogP contribution in [0.1, 0.15) is 13.3 Å². The van der Waals surface area contributed by atoms with Gasteiger partial charge in [-0.25, -0.2) is 12.8 Å². The number of nitrogens with one attached hydrogen (secondary N) is 2. The first kappa shape index (κ1) is 15.6. The minimum Gasteiger partial charge on any atom is -0.322 e. The van der Waals surface area contributed by atoms with Crippen LogP contribution in [0.3, 0.4) is 0 Å². The highest BCUT2D eigenvalue weighted by molar-refractivity contribution is 7.90. The topological polar surface area (TPSA) is 75.3 Å². The summed E-state index contributed by atoms with van der Waals surface area (Å²) in [7, 11) is -3.43. The number of sulfone groups is 1. The maximum absolute atomic E-state index is 13.5. The van der Waals surface area contributed by atoms with Gasteiger partial charge >= 0.3 is 0 Å². The lowest BCUT2D eigenvalue weighted by Gasteiger charge is -2.08. The predicted molar refractivity (Wildman–Crippen MR) is 71.3 cm³/mol. The molecule has 0 heterocycles. The Morgan fingerprint density at radius 2 is 2.05 bits per heavy atom. The van der Waals surface area contributed by atoms with E-state index < -0.39 is 21.6 Å². The first-order valence-corrected chi connectivity index (χ1v) is 7.74. The van der Waals surface area contributed by atoms with Gasteiger partial charge in [0.2, 0.25) is 5.91 Å². The Balaban J connectivity index is 2.80. The molecule has 1 aromatic rings. The van der Waals surface area contributed by atoms with Crippen LogP contribution in [-0.4, -0.2) is 33.7 Å². The molecule has 0 atom stereocenters. The largest absolute Gasteiger partial charge is 0.322 e. The molecule has 7 heteroatoms. The first-order valence-electron chi connectivity index (χ1n) is 5.84. The third kappa shape index (κ3) is 4.96. The summed E-state index contributed by atoms with van der Waals surface area (Å²) in [5.41, 5.74) is -0.133. The molecule has 0 spiro atoms. The lowest BCUT2D eigenvalue weighted by atomic mass is 10.3. The second-order valence-electron chi connectivity index (χ2n) is 4.14. The molecular formula is C12H17FN2O3S. The highest BCUT2D eigenvalue weighted by Gasteiger charge is 2.12. The summed E-state index contributed by atoms with van der Waals surface area (Å²) in [5, 5.41) is 5.21. The molecule has 0 saturated carbocycles. The molecule has 19 heavy (non-hydrogen) atoms. The third-order valence-corrected chi connectivity index (χ3v) is 3.46. The molecule has 1 rings (SSSR count). The molecule has 5 nitrogen and oxygen atoms in total. The zero-order chi connectivity index (χ0) is 14.5. The van der Waals surface area contributed by atoms with Crippen molar-refractivity contribution in [3.8, 4) is 0 Å². The van der Waals surface area contributed by atoms with Crippen LogP contribution in [0.4, 0.5) is 10.1 Å². The standard InChI is InChI=1S/C12H17FN2O3S/c1-3-6-14-8-12(16)15-11-7-9(19(2,17)18)4-5-10(11)13/h4-5,7,14H,3,6,8H2,1-2H3,(H,15,16). The zero-order valence-electron chi connectivity index (χ0n) is 10.9. The molecule has 0 unspecified atom stereocenters. The number of carbonyl (C=O) groups is 1. The molecule has 0 aliphatic heterocycles. The van der Waals surface area contributed by atoms with Crippen LogP contribution in [0.15, 0.2) is 23.1 Å². The Kier molecular flexibility index (Phi) is 5.44. The number of hydrogen-bond acceptors (Lipinski definition) is 4. The van der Waals surface area contributed by atoms with E-state index in [9.17, 15) is 17.6 Å². The van der Waals surface area contributed by atoms with Crippen LogP contribution in [0.25, 0.3) is 0 Å². The molecule has 0 saturated heterocycles. The SMILES string of the molecule is CCCNCC(=O)Nc1cc(S(C)(=O)=O)ccc1F. The van der Waals surface area contributed by atoms with Gasteiger partial charge in [0.15, 0.2) is 9.84 Å². The number of rotatable bonds is 6. The van der Waals surface area contributed by atoms with Gasteiger partial charge in [-0.1, -0.05) is 6.92 Å². The second-order valence-corrected chi connectivity index (χ2v) is 6.15. The van der Waals surface area contributed by atoms with Crippen molar-refractivity contribution in [2.24, 2.45) is 0 Å². The summed E-state index contributed by atoms with van der Waals surface area (Å²) >= 11 is 0. The quantitative estimate of drug-likeness (QED) is 0.608. The molecule has 0 fully saturated rings. The maximum Gasteiger partial charge on any atom is 0.238 e. The molecule has 1 aromatic carbocycles. The van der Waals surface area contributed by atoms with Crippen molar-refractivity contribution in [2.45, 2.75) is 18.2 Å². The molecule has 0 aliphatic carbocycles. The number of carbonyl (C=O) groups excluding carboxylic acids is 1. The van der Waals surface area contributed by atoms with E-state index in [0.29, 0.717) is 6.54 Å². The fourth-order valence-electron chi connectivity index (χ4n) is 1.40. The molecule has 106 valence electrons. The first-order chi connectivity index (χ1) is 8.84. The minimum absolute atomic E-state index is 0.0364. The van der Waals surface area contributed by atoms with E-state index in [1.165, 1.54) is 0 Å². The third-order valence-electron chi connectivity index (χ3n) is 2.35. The van der Waals surface area contributed by atoms with Gasteiger partial charge in [-0.2, -0.15) is 0 Å². The van der Waals surface area contributed by atoms with Crippen molar-refractivity contribution < 1.29 is 17.6 Å². The Bertz CT molecular complexity index is 558. The summed E-state index contributed by atoms with van der Waals surface area (Å²) in [6.07, 6.45) is 1.90. The van der Waals surface area contributed by atoms with Crippen LogP contribution in [0.2, 0.25) is 0 Å². The van der Waals surface area contributed by atoms with Gasteiger partial charge in [0.25, 0.3) is 0 Å². The average molecular weight is 288 g/mol. The molecule has 2 N–H and O–H groups in total. The van der Waals surface area contributed by atoms with Crippen molar-refractivity contribution in [1.29, 1.82) is 0 Å². The zero-order valence-corrected chi connectivity index (χ0v) is 11.7. The van der Waals surface area contributed by atoms with E-state index in [0.717, 1.165) is 30.9 Å². The summed E-state index contributed by atoms with van der Waals surface area (Å²) in [6, 6.07) is 3.30. The number of anilines is 1. The lowest BCUT2D eigenvalue weighted by molar-refractivity contribution is -0.115. The highest BCUT2D eigenvalue weighted by Crippen LogP contribution is 2.19. The molecule has 0 radical (unpaired) electrons. The van der Waals surface area contributed by atoms with Gasteiger partial charge in [0, 0.05) is 6.26 Å². The summed E-state index contributed by atoms with van der Waals surface area (Å²) in [4.78, 5) is 11.5. The van der Waals surface area contributed by atoms with Crippen molar-refractivity contribution in [3.05, 3.63) is 24.0 Å². The van der Waals surface area contributed by atoms with Crippen molar-refractivity contribution in [3.63, 3.8) is 0 Å². The number of benzene rings is 1. The van der Waals surface area contributed by atoms with Crippen LogP contribution in [0, 0.1) is 5.82 Å². The van der Waals surface area contributed by atoms with E-state index in [-0.39, 0.29) is 17.1 Å². The second kappa shape index (κ2) is 6.63. The van der Waals surface area contributed by atoms with Gasteiger partial charge in [-0.05, 0) is 31.2 Å². The Morgan fingerprint density at radius 1 is 1.37 bits per heavy atom. The molecular weight excluding hydrogens is 271 g/mol. The van der Waals surface area contributed by atoms with Gasteiger partial charge in [0.05, 0.1) is 17.1 Å². The van der Waals surface area contributed by atoms with Crippen LogP contribution < -0.4 is 10.6 Å². The van der Waals surface area contributed by atoms with Gasteiger partial charge in [-0.15, -0.1) is 0 Å². The molecule has 0 aliphatic rings. The minimum atomic E-state index is -3.43. The Labute approximate surface area is 112 Å². The van der Waals surface area contributed by atoms with E-state index in [4.69, 9.17) is 0 Å². The van der Waals surface area contributed by atoms with Crippen molar-refractivity contribution >= 4 is 21.4 Å². The van der Waals surface area contributed by atoms with E-state index in [1.807, 2.05) is 6.92 Å². The molecule has 1 amide bonds. The van der Waals surface area contributed by atoms with Gasteiger partial charge < -0.3 is 10.6 Å². The number of hydrogen-bond donors (Lipinski definition) is 2. The molecule has 0 aromatic heterocycles. The predicted octanol–water partition coefficient (Wildman–Crippen LogP) is 1.17. The van der Waals surface area contributed by atoms with Crippen LogP contribution in [0.5, 0.6) is 0 Å². The van der Waals surface area contributed by atoms with Gasteiger partial charge in [-0.3, -0.25) is 4.79 Å². The van der Waals surface area contributed by atoms with Crippen molar-refractivity contribution in [1.82, 2.24) is 5.32 Å². The fourth-order valence-corrected chi connectivity index (χ4v) is 2.05. The van der Waals surface area contributed by atoms with E-state index >= 15 is 0 Å².